The SMILES string of the molecule is O=C1C(C(O)C=C2OC(Cl)CN2CCCCS(=O)(=O)O)NC(=S)N1c1ccccn1. The van der Waals surface area contributed by atoms with E-state index in [0.717, 1.165) is 0 Å². The smallest absolute Gasteiger partial charge is 0.264 e. The molecule has 3 N–H and O–H groups in total. The number of carbonyl (C=O) groups excluding carboxylic acids is 1. The Kier molecular flexibility index (Phi) is 7.14. The minimum absolute atomic E-state index is 0.130. The van der Waals surface area contributed by atoms with E-state index in [2.05, 4.69) is 10.3 Å². The van der Waals surface area contributed by atoms with Crippen LogP contribution in [0.25, 0.3) is 0 Å². The summed E-state index contributed by atoms with van der Waals surface area (Å²) in [6.07, 6.45) is 2.35. The van der Waals surface area contributed by atoms with Crippen LogP contribution in [-0.2, 0) is 19.6 Å². The lowest BCUT2D eigenvalue weighted by molar-refractivity contribution is -0.119. The summed E-state index contributed by atoms with van der Waals surface area (Å²) in [5.74, 6) is -0.162. The average Bonchev–Trinajstić information content (AvgIpc) is 3.17. The van der Waals surface area contributed by atoms with E-state index >= 15 is 0 Å². The highest BCUT2D eigenvalue weighted by Crippen LogP contribution is 2.25. The van der Waals surface area contributed by atoms with Crippen LogP contribution in [0.15, 0.2) is 36.4 Å². The van der Waals surface area contributed by atoms with E-state index in [1.54, 1.807) is 23.1 Å². The van der Waals surface area contributed by atoms with Crippen LogP contribution < -0.4 is 10.2 Å². The number of nitrogens with one attached hydrogen (secondary N) is 1. The first-order valence-corrected chi connectivity index (χ1v) is 11.6. The maximum Gasteiger partial charge on any atom is 0.264 e. The summed E-state index contributed by atoms with van der Waals surface area (Å²) in [4.78, 5) is 19.8. The number of hydrogen-bond donors (Lipinski definition) is 3. The fourth-order valence-electron chi connectivity index (χ4n) is 3.11. The lowest BCUT2D eigenvalue weighted by atomic mass is 10.1. The van der Waals surface area contributed by atoms with Crippen molar-refractivity contribution in [3.8, 4) is 0 Å². The molecule has 0 spiro atoms. The summed E-state index contributed by atoms with van der Waals surface area (Å²) in [5, 5.41) is 13.5. The van der Waals surface area contributed by atoms with Gasteiger partial charge in [0.2, 0.25) is 0 Å². The highest BCUT2D eigenvalue weighted by Gasteiger charge is 2.41. The van der Waals surface area contributed by atoms with Gasteiger partial charge in [0.25, 0.3) is 16.0 Å². The number of thiocarbonyl (C=S) groups is 1. The summed E-state index contributed by atoms with van der Waals surface area (Å²) in [6, 6.07) is 4.04. The standard InChI is InChI=1S/C17H21ClN4O6S2/c18-12-10-21(7-3-4-8-30(25,26)27)14(28-12)9-11(23)15-16(24)22(17(29)20-15)13-5-1-2-6-19-13/h1-2,5-6,9,11-12,15,23H,3-4,7-8,10H2,(H,20,29)(H,25,26,27). The zero-order valence-corrected chi connectivity index (χ0v) is 18.1. The lowest BCUT2D eigenvalue weighted by Crippen LogP contribution is -2.40. The molecule has 1 aromatic heterocycles. The van der Waals surface area contributed by atoms with Gasteiger partial charge in [-0.2, -0.15) is 8.42 Å². The van der Waals surface area contributed by atoms with E-state index < -0.39 is 33.7 Å². The lowest BCUT2D eigenvalue weighted by Gasteiger charge is -2.19. The molecule has 3 atom stereocenters. The monoisotopic (exact) mass is 476 g/mol. The van der Waals surface area contributed by atoms with Gasteiger partial charge in [0.1, 0.15) is 18.0 Å². The molecule has 164 valence electrons. The molecule has 0 saturated carbocycles. The van der Waals surface area contributed by atoms with Crippen LogP contribution in [0.4, 0.5) is 5.82 Å². The molecule has 3 heterocycles. The number of amides is 1. The molecule has 0 radical (unpaired) electrons. The molecule has 0 aliphatic carbocycles. The van der Waals surface area contributed by atoms with E-state index in [4.69, 9.17) is 33.1 Å². The molecule has 3 rings (SSSR count). The Bertz CT molecular complexity index is 929. The summed E-state index contributed by atoms with van der Waals surface area (Å²) < 4.78 is 35.9. The molecule has 2 saturated heterocycles. The van der Waals surface area contributed by atoms with E-state index in [1.165, 1.54) is 17.2 Å². The van der Waals surface area contributed by atoms with Crippen molar-refractivity contribution in [1.82, 2.24) is 15.2 Å². The molecule has 1 aromatic rings. The van der Waals surface area contributed by atoms with Crippen LogP contribution in [0.3, 0.4) is 0 Å². The number of anilines is 1. The van der Waals surface area contributed by atoms with Crippen LogP contribution in [0.5, 0.6) is 0 Å². The van der Waals surface area contributed by atoms with Crippen LogP contribution in [-0.4, -0.2) is 75.5 Å². The van der Waals surface area contributed by atoms with E-state index in [9.17, 15) is 18.3 Å². The summed E-state index contributed by atoms with van der Waals surface area (Å²) >= 11 is 11.3. The van der Waals surface area contributed by atoms with Crippen molar-refractivity contribution >= 4 is 50.8 Å². The van der Waals surface area contributed by atoms with E-state index in [-0.39, 0.29) is 23.2 Å². The number of pyridine rings is 1. The second-order valence-corrected chi connectivity index (χ2v) is 9.20. The second-order valence-electron chi connectivity index (χ2n) is 6.75. The number of ether oxygens (including phenoxy) is 1. The Hall–Kier alpha value is -1.99. The maximum atomic E-state index is 12.8. The third-order valence-corrected chi connectivity index (χ3v) is 5.84. The van der Waals surface area contributed by atoms with Crippen molar-refractivity contribution in [2.75, 3.05) is 23.7 Å². The molecule has 10 nitrogen and oxygen atoms in total. The number of rotatable bonds is 8. The number of aliphatic hydroxyl groups is 1. The first kappa shape index (κ1) is 22.7. The average molecular weight is 477 g/mol. The van der Waals surface area contributed by atoms with Gasteiger partial charge >= 0.3 is 0 Å². The quantitative estimate of drug-likeness (QED) is 0.210. The summed E-state index contributed by atoms with van der Waals surface area (Å²) in [6.45, 7) is 0.734. The highest BCUT2D eigenvalue weighted by molar-refractivity contribution is 7.85. The fraction of sp³-hybridized carbons (Fsp3) is 0.471. The molecule has 3 unspecified atom stereocenters. The minimum Gasteiger partial charge on any atom is -0.458 e. The first-order chi connectivity index (χ1) is 14.2. The fourth-order valence-corrected chi connectivity index (χ4v) is 4.25. The topological polar surface area (TPSA) is 132 Å². The molecule has 2 aliphatic rings. The van der Waals surface area contributed by atoms with Crippen LogP contribution in [0, 0.1) is 0 Å². The Morgan fingerprint density at radius 2 is 2.20 bits per heavy atom. The molecular weight excluding hydrogens is 456 g/mol. The number of alkyl halides is 1. The van der Waals surface area contributed by atoms with Crippen molar-refractivity contribution in [3.05, 3.63) is 36.4 Å². The molecule has 2 aliphatic heterocycles. The van der Waals surface area contributed by atoms with Gasteiger partial charge in [-0.15, -0.1) is 0 Å². The minimum atomic E-state index is -4.01. The maximum absolute atomic E-state index is 12.8. The molecule has 1 amide bonds. The Morgan fingerprint density at radius 3 is 2.87 bits per heavy atom. The zero-order chi connectivity index (χ0) is 21.9. The van der Waals surface area contributed by atoms with Gasteiger partial charge in [-0.1, -0.05) is 17.7 Å². The van der Waals surface area contributed by atoms with Gasteiger partial charge in [0.05, 0.1) is 12.3 Å². The van der Waals surface area contributed by atoms with Gasteiger partial charge in [-0.05, 0) is 37.2 Å². The number of nitrogens with zero attached hydrogens (tertiary/aromatic N) is 3. The van der Waals surface area contributed by atoms with Crippen molar-refractivity contribution < 1.29 is 27.6 Å². The largest absolute Gasteiger partial charge is 0.458 e. The van der Waals surface area contributed by atoms with Crippen LogP contribution in [0.2, 0.25) is 0 Å². The Morgan fingerprint density at radius 1 is 1.43 bits per heavy atom. The molecule has 13 heteroatoms. The number of hydrogen-bond acceptors (Lipinski definition) is 8. The summed E-state index contributed by atoms with van der Waals surface area (Å²) in [7, 11) is -4.01. The summed E-state index contributed by atoms with van der Waals surface area (Å²) in [5.41, 5.74) is -0.650. The second kappa shape index (κ2) is 9.43. The molecular formula is C17H21ClN4O6S2. The third-order valence-electron chi connectivity index (χ3n) is 4.51. The Balaban J connectivity index is 1.65. The predicted molar refractivity (Wildman–Crippen MR) is 113 cm³/mol. The van der Waals surface area contributed by atoms with E-state index in [1.807, 2.05) is 0 Å². The van der Waals surface area contributed by atoms with Crippen molar-refractivity contribution in [2.45, 2.75) is 30.6 Å². The molecule has 0 aromatic carbocycles. The van der Waals surface area contributed by atoms with Crippen molar-refractivity contribution in [1.29, 1.82) is 0 Å². The predicted octanol–water partition coefficient (Wildman–Crippen LogP) is 0.439. The van der Waals surface area contributed by atoms with Gasteiger partial charge in [0, 0.05) is 18.8 Å². The number of carbonyl (C=O) groups is 1. The first-order valence-electron chi connectivity index (χ1n) is 9.12. The number of halogens is 1. The number of aliphatic hydroxyl groups excluding tert-OH is 1. The third kappa shape index (κ3) is 5.58. The van der Waals surface area contributed by atoms with Gasteiger partial charge in [-0.25, -0.2) is 9.88 Å². The number of aromatic nitrogens is 1. The van der Waals surface area contributed by atoms with Gasteiger partial charge in [0.15, 0.2) is 16.6 Å². The molecule has 2 fully saturated rings. The van der Waals surface area contributed by atoms with Crippen molar-refractivity contribution in [2.24, 2.45) is 0 Å². The Labute approximate surface area is 184 Å². The van der Waals surface area contributed by atoms with Crippen molar-refractivity contribution in [3.63, 3.8) is 0 Å². The van der Waals surface area contributed by atoms with Gasteiger partial charge < -0.3 is 20.1 Å². The normalized spacial score (nSPS) is 24.3. The number of unbranched alkanes of at least 4 members (excludes halogenated alkanes) is 1. The molecule has 0 bridgehead atoms. The van der Waals surface area contributed by atoms with E-state index in [0.29, 0.717) is 25.3 Å². The highest BCUT2D eigenvalue weighted by atomic mass is 35.5. The van der Waals surface area contributed by atoms with Crippen LogP contribution >= 0.6 is 23.8 Å². The van der Waals surface area contributed by atoms with Crippen LogP contribution in [0.1, 0.15) is 12.8 Å². The zero-order valence-electron chi connectivity index (χ0n) is 15.7. The molecule has 30 heavy (non-hydrogen) atoms. The van der Waals surface area contributed by atoms with Gasteiger partial charge in [-0.3, -0.25) is 9.35 Å².